The molecule has 0 fully saturated rings. The van der Waals surface area contributed by atoms with Gasteiger partial charge in [0.25, 0.3) is 11.5 Å². The molecule has 0 spiro atoms. The lowest BCUT2D eigenvalue weighted by atomic mass is 10.1. The Bertz CT molecular complexity index is 886. The van der Waals surface area contributed by atoms with E-state index in [1.807, 2.05) is 0 Å². The monoisotopic (exact) mass is 317 g/mol. The van der Waals surface area contributed by atoms with Crippen LogP contribution in [0.25, 0.3) is 4.96 Å². The summed E-state index contributed by atoms with van der Waals surface area (Å²) in [6, 6.07) is 5.48. The van der Waals surface area contributed by atoms with Crippen LogP contribution in [0.5, 0.6) is 0 Å². The number of fused-ring (bicyclic) bond motifs is 1. The number of nitrogens with zero attached hydrogens (tertiary/aromatic N) is 2. The molecule has 0 saturated carbocycles. The lowest BCUT2D eigenvalue weighted by Crippen LogP contribution is -2.32. The fraction of sp³-hybridized carbons (Fsp3) is 0.133. The zero-order chi connectivity index (χ0) is 15.7. The number of carbonyl (C=O) groups is 1. The molecule has 2 heterocycles. The van der Waals surface area contributed by atoms with Crippen LogP contribution < -0.4 is 10.9 Å². The van der Waals surface area contributed by atoms with Gasteiger partial charge in [0, 0.05) is 17.8 Å². The molecule has 0 bridgehead atoms. The third-order valence-electron chi connectivity index (χ3n) is 3.30. The van der Waals surface area contributed by atoms with Gasteiger partial charge in [-0.2, -0.15) is 0 Å². The SMILES string of the molecule is CC(NC(=O)c1cnc2sccn2c1=O)c1ccc(F)cc1. The molecule has 0 saturated heterocycles. The first-order valence-corrected chi connectivity index (χ1v) is 7.45. The third kappa shape index (κ3) is 2.62. The fourth-order valence-electron chi connectivity index (χ4n) is 2.09. The van der Waals surface area contributed by atoms with Crippen LogP contribution >= 0.6 is 11.3 Å². The molecule has 22 heavy (non-hydrogen) atoms. The van der Waals surface area contributed by atoms with Crippen molar-refractivity contribution >= 4 is 22.2 Å². The van der Waals surface area contributed by atoms with Crippen LogP contribution in [-0.2, 0) is 0 Å². The highest BCUT2D eigenvalue weighted by Crippen LogP contribution is 2.13. The van der Waals surface area contributed by atoms with E-state index in [9.17, 15) is 14.0 Å². The van der Waals surface area contributed by atoms with Crippen LogP contribution in [0, 0.1) is 5.82 Å². The van der Waals surface area contributed by atoms with Crippen LogP contribution in [-0.4, -0.2) is 15.3 Å². The van der Waals surface area contributed by atoms with Gasteiger partial charge in [0.05, 0.1) is 6.04 Å². The third-order valence-corrected chi connectivity index (χ3v) is 4.08. The first-order valence-electron chi connectivity index (χ1n) is 6.57. The first kappa shape index (κ1) is 14.4. The molecular weight excluding hydrogens is 305 g/mol. The van der Waals surface area contributed by atoms with Gasteiger partial charge in [-0.15, -0.1) is 11.3 Å². The Morgan fingerprint density at radius 3 is 2.82 bits per heavy atom. The molecule has 0 radical (unpaired) electrons. The van der Waals surface area contributed by atoms with Gasteiger partial charge in [0.15, 0.2) is 4.96 Å². The van der Waals surface area contributed by atoms with Crippen molar-refractivity contribution in [3.8, 4) is 0 Å². The molecule has 1 atom stereocenters. The second-order valence-corrected chi connectivity index (χ2v) is 5.65. The molecule has 1 aromatic carbocycles. The van der Waals surface area contributed by atoms with E-state index < -0.39 is 11.5 Å². The number of thiazole rings is 1. The molecule has 0 aliphatic rings. The summed E-state index contributed by atoms with van der Waals surface area (Å²) in [4.78, 5) is 29.1. The summed E-state index contributed by atoms with van der Waals surface area (Å²) < 4.78 is 14.2. The predicted molar refractivity (Wildman–Crippen MR) is 81.6 cm³/mol. The van der Waals surface area contributed by atoms with Gasteiger partial charge < -0.3 is 5.32 Å². The van der Waals surface area contributed by atoms with E-state index in [0.717, 1.165) is 5.56 Å². The van der Waals surface area contributed by atoms with E-state index in [4.69, 9.17) is 0 Å². The number of rotatable bonds is 3. The van der Waals surface area contributed by atoms with E-state index in [0.29, 0.717) is 4.96 Å². The Balaban J connectivity index is 1.85. The maximum atomic E-state index is 12.9. The zero-order valence-corrected chi connectivity index (χ0v) is 12.4. The van der Waals surface area contributed by atoms with Gasteiger partial charge in [-0.25, -0.2) is 9.37 Å². The number of benzene rings is 1. The van der Waals surface area contributed by atoms with Crippen molar-refractivity contribution in [1.82, 2.24) is 14.7 Å². The summed E-state index contributed by atoms with van der Waals surface area (Å²) in [6.07, 6.45) is 2.86. The fourth-order valence-corrected chi connectivity index (χ4v) is 2.76. The second kappa shape index (κ2) is 5.69. The van der Waals surface area contributed by atoms with Gasteiger partial charge in [0.1, 0.15) is 11.4 Å². The number of hydrogen-bond donors (Lipinski definition) is 1. The molecular formula is C15H12FN3O2S. The molecule has 7 heteroatoms. The smallest absolute Gasteiger partial charge is 0.271 e. The van der Waals surface area contributed by atoms with Crippen molar-refractivity contribution < 1.29 is 9.18 Å². The molecule has 2 aromatic heterocycles. The van der Waals surface area contributed by atoms with E-state index in [1.54, 1.807) is 30.6 Å². The molecule has 3 aromatic rings. The maximum absolute atomic E-state index is 12.9. The van der Waals surface area contributed by atoms with Crippen LogP contribution in [0.15, 0.2) is 46.8 Å². The Morgan fingerprint density at radius 2 is 2.09 bits per heavy atom. The van der Waals surface area contributed by atoms with Gasteiger partial charge in [0.2, 0.25) is 0 Å². The minimum absolute atomic E-state index is 0.0233. The average molecular weight is 317 g/mol. The summed E-state index contributed by atoms with van der Waals surface area (Å²) >= 11 is 1.32. The first-order chi connectivity index (χ1) is 10.6. The van der Waals surface area contributed by atoms with Crippen molar-refractivity contribution in [1.29, 1.82) is 0 Å². The molecule has 1 amide bonds. The summed E-state index contributed by atoms with van der Waals surface area (Å²) in [7, 11) is 0. The highest BCUT2D eigenvalue weighted by molar-refractivity contribution is 7.15. The molecule has 0 aliphatic carbocycles. The molecule has 1 unspecified atom stereocenters. The van der Waals surface area contributed by atoms with Crippen molar-refractivity contribution in [2.45, 2.75) is 13.0 Å². The summed E-state index contributed by atoms with van der Waals surface area (Å²) in [6.45, 7) is 1.76. The summed E-state index contributed by atoms with van der Waals surface area (Å²) in [5.74, 6) is -0.845. The normalized spacial score (nSPS) is 12.3. The number of carbonyl (C=O) groups excluding carboxylic acids is 1. The number of hydrogen-bond acceptors (Lipinski definition) is 4. The van der Waals surface area contributed by atoms with Crippen LogP contribution in [0.1, 0.15) is 28.9 Å². The number of halogens is 1. The highest BCUT2D eigenvalue weighted by atomic mass is 32.1. The van der Waals surface area contributed by atoms with Crippen LogP contribution in [0.4, 0.5) is 4.39 Å². The molecule has 5 nitrogen and oxygen atoms in total. The molecule has 112 valence electrons. The van der Waals surface area contributed by atoms with Crippen LogP contribution in [0.3, 0.4) is 0 Å². The van der Waals surface area contributed by atoms with Crippen molar-refractivity contribution in [3.05, 3.63) is 69.3 Å². The van der Waals surface area contributed by atoms with Gasteiger partial charge >= 0.3 is 0 Å². The highest BCUT2D eigenvalue weighted by Gasteiger charge is 2.16. The van der Waals surface area contributed by atoms with E-state index in [-0.39, 0.29) is 17.4 Å². The molecule has 1 N–H and O–H groups in total. The maximum Gasteiger partial charge on any atom is 0.271 e. The van der Waals surface area contributed by atoms with Gasteiger partial charge in [-0.1, -0.05) is 12.1 Å². The average Bonchev–Trinajstić information content (AvgIpc) is 2.97. The Hall–Kier alpha value is -2.54. The van der Waals surface area contributed by atoms with Gasteiger partial charge in [-0.05, 0) is 24.6 Å². The van der Waals surface area contributed by atoms with E-state index >= 15 is 0 Å². The van der Waals surface area contributed by atoms with Crippen LogP contribution in [0.2, 0.25) is 0 Å². The predicted octanol–water partition coefficient (Wildman–Crippen LogP) is 2.39. The van der Waals surface area contributed by atoms with Crippen molar-refractivity contribution in [2.75, 3.05) is 0 Å². The molecule has 0 aliphatic heterocycles. The zero-order valence-electron chi connectivity index (χ0n) is 11.6. The lowest BCUT2D eigenvalue weighted by molar-refractivity contribution is 0.0938. The van der Waals surface area contributed by atoms with E-state index in [1.165, 1.54) is 34.1 Å². The topological polar surface area (TPSA) is 63.5 Å². The minimum atomic E-state index is -0.505. The number of nitrogens with one attached hydrogen (secondary N) is 1. The van der Waals surface area contributed by atoms with Crippen molar-refractivity contribution in [2.24, 2.45) is 0 Å². The van der Waals surface area contributed by atoms with Crippen molar-refractivity contribution in [3.63, 3.8) is 0 Å². The Kier molecular flexibility index (Phi) is 3.72. The lowest BCUT2D eigenvalue weighted by Gasteiger charge is -2.14. The number of aromatic nitrogens is 2. The quantitative estimate of drug-likeness (QED) is 0.807. The second-order valence-electron chi connectivity index (χ2n) is 4.78. The summed E-state index contributed by atoms with van der Waals surface area (Å²) in [5.41, 5.74) is 0.319. The number of amides is 1. The minimum Gasteiger partial charge on any atom is -0.345 e. The molecule has 3 rings (SSSR count). The summed E-state index contributed by atoms with van der Waals surface area (Å²) in [5, 5.41) is 4.45. The standard InChI is InChI=1S/C15H12FN3O2S/c1-9(10-2-4-11(16)5-3-10)18-13(20)12-8-17-15-19(14(12)21)6-7-22-15/h2-9H,1H3,(H,18,20). The van der Waals surface area contributed by atoms with E-state index in [2.05, 4.69) is 10.3 Å². The Labute approximate surface area is 129 Å². The largest absolute Gasteiger partial charge is 0.345 e. The Morgan fingerprint density at radius 1 is 1.36 bits per heavy atom. The van der Waals surface area contributed by atoms with Gasteiger partial charge in [-0.3, -0.25) is 14.0 Å².